The molecule has 0 spiro atoms. The van der Waals surface area contributed by atoms with Gasteiger partial charge in [-0.1, -0.05) is 19.3 Å². The highest BCUT2D eigenvalue weighted by Crippen LogP contribution is 2.35. The number of nitrogens with zero attached hydrogens (tertiary/aromatic N) is 2. The van der Waals surface area contributed by atoms with Crippen LogP contribution in [0.25, 0.3) is 0 Å². The first-order valence-corrected chi connectivity index (χ1v) is 8.90. The van der Waals surface area contributed by atoms with Crippen molar-refractivity contribution in [2.75, 3.05) is 13.2 Å². The van der Waals surface area contributed by atoms with Gasteiger partial charge in [-0.3, -0.25) is 4.68 Å². The molecule has 1 aliphatic rings. The van der Waals surface area contributed by atoms with Crippen LogP contribution in [0.5, 0.6) is 0 Å². The molecule has 1 saturated carbocycles. The fourth-order valence-corrected chi connectivity index (χ4v) is 4.75. The molecule has 1 aliphatic carbocycles. The second kappa shape index (κ2) is 6.06. The average molecular weight is 315 g/mol. The maximum Gasteiger partial charge on any atom is 0.244 e. The smallest absolute Gasteiger partial charge is 0.244 e. The molecule has 0 aliphatic heterocycles. The monoisotopic (exact) mass is 315 g/mol. The first kappa shape index (κ1) is 16.5. The lowest BCUT2D eigenvalue weighted by molar-refractivity contribution is 0.0867. The highest BCUT2D eigenvalue weighted by molar-refractivity contribution is 7.89. The number of rotatable bonds is 5. The Labute approximate surface area is 126 Å². The summed E-state index contributed by atoms with van der Waals surface area (Å²) in [4.78, 5) is 0.258. The van der Waals surface area contributed by atoms with Crippen molar-refractivity contribution in [1.29, 1.82) is 0 Å². The molecule has 1 aromatic rings. The van der Waals surface area contributed by atoms with Gasteiger partial charge in [0, 0.05) is 25.6 Å². The fraction of sp³-hybridized carbons (Fsp3) is 0.786. The number of aromatic nitrogens is 2. The SMILES string of the molecule is Cc1nn(C)c(C)c1S(=O)(=O)NCC1(CO)CCCCC1. The first-order valence-electron chi connectivity index (χ1n) is 7.42. The lowest BCUT2D eigenvalue weighted by atomic mass is 9.75. The van der Waals surface area contributed by atoms with Gasteiger partial charge in [0.1, 0.15) is 4.90 Å². The number of sulfonamides is 1. The Kier molecular flexibility index (Phi) is 4.75. The van der Waals surface area contributed by atoms with E-state index in [1.807, 2.05) is 0 Å². The predicted octanol–water partition coefficient (Wildman–Crippen LogP) is 1.26. The maximum absolute atomic E-state index is 12.5. The molecular weight excluding hydrogens is 290 g/mol. The molecular formula is C14H25N3O3S. The van der Waals surface area contributed by atoms with Crippen molar-refractivity contribution in [3.63, 3.8) is 0 Å². The van der Waals surface area contributed by atoms with Gasteiger partial charge in [0.2, 0.25) is 10.0 Å². The molecule has 2 rings (SSSR count). The van der Waals surface area contributed by atoms with E-state index in [-0.39, 0.29) is 16.9 Å². The molecule has 0 radical (unpaired) electrons. The molecule has 1 heterocycles. The van der Waals surface area contributed by atoms with E-state index in [0.717, 1.165) is 32.1 Å². The molecule has 1 aromatic heterocycles. The van der Waals surface area contributed by atoms with Crippen molar-refractivity contribution in [1.82, 2.24) is 14.5 Å². The second-order valence-electron chi connectivity index (χ2n) is 6.17. The molecule has 120 valence electrons. The van der Waals surface area contributed by atoms with Crippen LogP contribution < -0.4 is 4.72 Å². The van der Waals surface area contributed by atoms with Gasteiger partial charge >= 0.3 is 0 Å². The van der Waals surface area contributed by atoms with E-state index in [4.69, 9.17) is 0 Å². The number of nitrogens with one attached hydrogen (secondary N) is 1. The number of aryl methyl sites for hydroxylation is 2. The Morgan fingerprint density at radius 3 is 2.38 bits per heavy atom. The van der Waals surface area contributed by atoms with Gasteiger partial charge in [-0.25, -0.2) is 13.1 Å². The van der Waals surface area contributed by atoms with E-state index in [9.17, 15) is 13.5 Å². The zero-order valence-electron chi connectivity index (χ0n) is 13.0. The highest BCUT2D eigenvalue weighted by atomic mass is 32.2. The quantitative estimate of drug-likeness (QED) is 0.857. The first-order chi connectivity index (χ1) is 9.81. The lowest BCUT2D eigenvalue weighted by Gasteiger charge is -2.35. The predicted molar refractivity (Wildman–Crippen MR) is 80.5 cm³/mol. The van der Waals surface area contributed by atoms with Gasteiger partial charge in [-0.15, -0.1) is 0 Å². The zero-order valence-corrected chi connectivity index (χ0v) is 13.8. The van der Waals surface area contributed by atoms with E-state index in [0.29, 0.717) is 17.9 Å². The molecule has 6 nitrogen and oxygen atoms in total. The minimum atomic E-state index is -3.59. The Hall–Kier alpha value is -0.920. The molecule has 1 fully saturated rings. The third-order valence-electron chi connectivity index (χ3n) is 4.60. The third kappa shape index (κ3) is 3.30. The summed E-state index contributed by atoms with van der Waals surface area (Å²) in [7, 11) is -1.86. The van der Waals surface area contributed by atoms with Crippen LogP contribution in [0.2, 0.25) is 0 Å². The summed E-state index contributed by atoms with van der Waals surface area (Å²) in [5, 5.41) is 13.8. The highest BCUT2D eigenvalue weighted by Gasteiger charge is 2.34. The van der Waals surface area contributed by atoms with Crippen LogP contribution in [0, 0.1) is 19.3 Å². The molecule has 2 N–H and O–H groups in total. The normalized spacial score (nSPS) is 18.9. The van der Waals surface area contributed by atoms with Gasteiger partial charge < -0.3 is 5.11 Å². The minimum absolute atomic E-state index is 0.0283. The van der Waals surface area contributed by atoms with Gasteiger partial charge in [0.05, 0.1) is 11.4 Å². The van der Waals surface area contributed by atoms with Crippen LogP contribution in [0.1, 0.15) is 43.5 Å². The van der Waals surface area contributed by atoms with Crippen molar-refractivity contribution in [3.8, 4) is 0 Å². The van der Waals surface area contributed by atoms with Gasteiger partial charge in [0.25, 0.3) is 0 Å². The van der Waals surface area contributed by atoms with Crippen LogP contribution >= 0.6 is 0 Å². The van der Waals surface area contributed by atoms with Crippen molar-refractivity contribution in [2.45, 2.75) is 50.8 Å². The fourth-order valence-electron chi connectivity index (χ4n) is 3.16. The van der Waals surface area contributed by atoms with E-state index >= 15 is 0 Å². The van der Waals surface area contributed by atoms with Crippen molar-refractivity contribution < 1.29 is 13.5 Å². The molecule has 7 heteroatoms. The average Bonchev–Trinajstić information content (AvgIpc) is 2.71. The van der Waals surface area contributed by atoms with Gasteiger partial charge in [0.15, 0.2) is 0 Å². The number of aliphatic hydroxyl groups excluding tert-OH is 1. The Bertz CT molecular complexity index is 601. The molecule has 0 atom stereocenters. The van der Waals surface area contributed by atoms with Crippen molar-refractivity contribution in [3.05, 3.63) is 11.4 Å². The zero-order chi connectivity index (χ0) is 15.7. The number of hydrogen-bond acceptors (Lipinski definition) is 4. The maximum atomic E-state index is 12.5. The largest absolute Gasteiger partial charge is 0.396 e. The molecule has 0 aromatic carbocycles. The molecule has 0 amide bonds. The topological polar surface area (TPSA) is 84.2 Å². The summed E-state index contributed by atoms with van der Waals surface area (Å²) in [5.41, 5.74) is 0.820. The summed E-state index contributed by atoms with van der Waals surface area (Å²) in [6.07, 6.45) is 5.00. The summed E-state index contributed by atoms with van der Waals surface area (Å²) in [6.45, 7) is 3.76. The Morgan fingerprint density at radius 2 is 1.90 bits per heavy atom. The van der Waals surface area contributed by atoms with Crippen molar-refractivity contribution >= 4 is 10.0 Å². The van der Waals surface area contributed by atoms with Gasteiger partial charge in [-0.2, -0.15) is 5.10 Å². The van der Waals surface area contributed by atoms with Crippen LogP contribution in [0.15, 0.2) is 4.90 Å². The summed E-state index contributed by atoms with van der Waals surface area (Å²) >= 11 is 0. The van der Waals surface area contributed by atoms with Crippen molar-refractivity contribution in [2.24, 2.45) is 12.5 Å². The van der Waals surface area contributed by atoms with E-state index < -0.39 is 10.0 Å². The van der Waals surface area contributed by atoms with Crippen LogP contribution in [0.4, 0.5) is 0 Å². The Morgan fingerprint density at radius 1 is 1.29 bits per heavy atom. The van der Waals surface area contributed by atoms with Gasteiger partial charge in [-0.05, 0) is 26.7 Å². The number of hydrogen-bond donors (Lipinski definition) is 2. The third-order valence-corrected chi connectivity index (χ3v) is 6.25. The van der Waals surface area contributed by atoms with E-state index in [1.165, 1.54) is 0 Å². The lowest BCUT2D eigenvalue weighted by Crippen LogP contribution is -2.41. The number of aliphatic hydroxyl groups is 1. The molecule has 0 saturated heterocycles. The minimum Gasteiger partial charge on any atom is -0.396 e. The molecule has 21 heavy (non-hydrogen) atoms. The Balaban J connectivity index is 2.18. The van der Waals surface area contributed by atoms with Crippen LogP contribution in [-0.4, -0.2) is 36.5 Å². The molecule has 0 bridgehead atoms. The van der Waals surface area contributed by atoms with Crippen LogP contribution in [-0.2, 0) is 17.1 Å². The summed E-state index contributed by atoms with van der Waals surface area (Å²) in [6, 6.07) is 0. The second-order valence-corrected chi connectivity index (χ2v) is 7.87. The summed E-state index contributed by atoms with van der Waals surface area (Å²) in [5.74, 6) is 0. The summed E-state index contributed by atoms with van der Waals surface area (Å²) < 4.78 is 29.4. The standard InChI is InChI=1S/C14H25N3O3S/c1-11-13(12(2)17(3)16-11)21(19,20)15-9-14(10-18)7-5-4-6-8-14/h15,18H,4-10H2,1-3H3. The van der Waals surface area contributed by atoms with Crippen LogP contribution in [0.3, 0.4) is 0 Å². The molecule has 0 unspecified atom stereocenters. The van der Waals surface area contributed by atoms with E-state index in [1.54, 1.807) is 25.6 Å². The van der Waals surface area contributed by atoms with E-state index in [2.05, 4.69) is 9.82 Å².